The lowest BCUT2D eigenvalue weighted by Gasteiger charge is -2.08. The van der Waals surface area contributed by atoms with Crippen molar-refractivity contribution in [3.05, 3.63) is 51.2 Å². The number of benzene rings is 1. The minimum absolute atomic E-state index is 0.0391. The van der Waals surface area contributed by atoms with Crippen molar-refractivity contribution in [2.24, 2.45) is 5.92 Å². The maximum Gasteiger partial charge on any atom is 0.336 e. The summed E-state index contributed by atoms with van der Waals surface area (Å²) >= 11 is 1.35. The molecule has 0 radical (unpaired) electrons. The lowest BCUT2D eigenvalue weighted by molar-refractivity contribution is 0.389. The molecule has 0 bridgehead atoms. The summed E-state index contributed by atoms with van der Waals surface area (Å²) in [5.41, 5.74) is 3.09. The van der Waals surface area contributed by atoms with E-state index in [1.807, 2.05) is 26.0 Å². The topological polar surface area (TPSA) is 103 Å². The Labute approximate surface area is 166 Å². The molecule has 3 heterocycles. The summed E-state index contributed by atoms with van der Waals surface area (Å²) in [5, 5.41) is 9.37. The summed E-state index contributed by atoms with van der Waals surface area (Å²) in [4.78, 5) is 12.0. The van der Waals surface area contributed by atoms with Crippen LogP contribution in [0.15, 0.2) is 37.1 Å². The fraction of sp³-hybridized carbons (Fsp3) is 0.421. The first-order valence-electron chi connectivity index (χ1n) is 8.99. The average molecular weight is 421 g/mol. The van der Waals surface area contributed by atoms with Gasteiger partial charge in [0.1, 0.15) is 5.58 Å². The molecule has 7 nitrogen and oxygen atoms in total. The second-order valence-electron chi connectivity index (χ2n) is 7.20. The van der Waals surface area contributed by atoms with E-state index < -0.39 is 9.84 Å². The van der Waals surface area contributed by atoms with E-state index in [-0.39, 0.29) is 23.0 Å². The molecule has 1 aliphatic heterocycles. The Morgan fingerprint density at radius 2 is 2.04 bits per heavy atom. The third-order valence-corrected chi connectivity index (χ3v) is 7.81. The molecule has 9 heteroatoms. The highest BCUT2D eigenvalue weighted by atomic mass is 32.2. The molecule has 1 aliphatic rings. The van der Waals surface area contributed by atoms with E-state index in [0.29, 0.717) is 35.3 Å². The molecule has 1 atom stereocenters. The van der Waals surface area contributed by atoms with Gasteiger partial charge in [0.2, 0.25) is 5.89 Å². The maximum absolute atomic E-state index is 12.0. The fourth-order valence-electron chi connectivity index (χ4n) is 3.44. The number of aromatic nitrogens is 2. The van der Waals surface area contributed by atoms with Crippen LogP contribution in [-0.2, 0) is 22.0 Å². The first-order valence-corrected chi connectivity index (χ1v) is 11.8. The highest BCUT2D eigenvalue weighted by molar-refractivity contribution is 7.98. The highest BCUT2D eigenvalue weighted by Crippen LogP contribution is 2.29. The molecule has 148 valence electrons. The monoisotopic (exact) mass is 420 g/mol. The Morgan fingerprint density at radius 1 is 1.21 bits per heavy atom. The number of fused-ring (bicyclic) bond motifs is 1. The molecule has 1 saturated heterocycles. The van der Waals surface area contributed by atoms with Crippen LogP contribution < -0.4 is 5.63 Å². The first-order chi connectivity index (χ1) is 13.3. The Hall–Kier alpha value is -2.13. The van der Waals surface area contributed by atoms with Gasteiger partial charge >= 0.3 is 5.63 Å². The van der Waals surface area contributed by atoms with Crippen molar-refractivity contribution in [1.29, 1.82) is 0 Å². The van der Waals surface area contributed by atoms with E-state index >= 15 is 0 Å². The fourth-order valence-corrected chi connectivity index (χ4v) is 6.08. The first kappa shape index (κ1) is 19.2. The summed E-state index contributed by atoms with van der Waals surface area (Å²) in [6.45, 7) is 3.91. The van der Waals surface area contributed by atoms with Gasteiger partial charge in [-0.05, 0) is 42.9 Å². The third kappa shape index (κ3) is 4.00. The number of hydrogen-bond acceptors (Lipinski definition) is 8. The Kier molecular flexibility index (Phi) is 5.05. The molecule has 0 N–H and O–H groups in total. The number of rotatable bonds is 5. The van der Waals surface area contributed by atoms with Gasteiger partial charge in [0, 0.05) is 23.6 Å². The molecule has 2 aromatic heterocycles. The number of nitrogens with zero attached hydrogens (tertiary/aromatic N) is 2. The van der Waals surface area contributed by atoms with Gasteiger partial charge in [-0.2, -0.15) is 0 Å². The molecule has 3 aromatic rings. The quantitative estimate of drug-likeness (QED) is 0.458. The van der Waals surface area contributed by atoms with Crippen molar-refractivity contribution in [3.8, 4) is 0 Å². The Morgan fingerprint density at radius 3 is 2.79 bits per heavy atom. The predicted octanol–water partition coefficient (Wildman–Crippen LogP) is 3.06. The van der Waals surface area contributed by atoms with Crippen molar-refractivity contribution in [3.63, 3.8) is 0 Å². The molecule has 0 spiro atoms. The van der Waals surface area contributed by atoms with Gasteiger partial charge in [0.15, 0.2) is 9.84 Å². The van der Waals surface area contributed by atoms with Crippen LogP contribution >= 0.6 is 11.8 Å². The van der Waals surface area contributed by atoms with Crippen LogP contribution in [0.4, 0.5) is 0 Å². The molecule has 0 saturated carbocycles. The zero-order chi connectivity index (χ0) is 19.9. The van der Waals surface area contributed by atoms with Crippen molar-refractivity contribution < 1.29 is 17.3 Å². The van der Waals surface area contributed by atoms with Gasteiger partial charge in [-0.3, -0.25) is 0 Å². The van der Waals surface area contributed by atoms with Crippen LogP contribution in [0.25, 0.3) is 11.0 Å². The second-order valence-corrected chi connectivity index (χ2v) is 10.4. The summed E-state index contributed by atoms with van der Waals surface area (Å²) in [6, 6.07) is 5.45. The van der Waals surface area contributed by atoms with Gasteiger partial charge in [-0.25, -0.2) is 13.2 Å². The standard InChI is InChI=1S/C19H20N2O5S2/c1-11-3-4-15-14(8-17(22)26-18(15)12(11)2)9-27-19-21-20-16(25-19)7-13-5-6-28(23,24)10-13/h3-4,8,13H,5-7,9-10H2,1-2H3. The van der Waals surface area contributed by atoms with Gasteiger partial charge in [0.05, 0.1) is 11.5 Å². The molecule has 1 fully saturated rings. The van der Waals surface area contributed by atoms with Gasteiger partial charge in [0.25, 0.3) is 5.22 Å². The van der Waals surface area contributed by atoms with E-state index in [0.717, 1.165) is 22.1 Å². The molecule has 1 unspecified atom stereocenters. The molecular weight excluding hydrogens is 400 g/mol. The average Bonchev–Trinajstić information content (AvgIpc) is 3.22. The zero-order valence-electron chi connectivity index (χ0n) is 15.6. The van der Waals surface area contributed by atoms with E-state index in [1.165, 1.54) is 17.8 Å². The summed E-state index contributed by atoms with van der Waals surface area (Å²) in [6.07, 6.45) is 1.11. The third-order valence-electron chi connectivity index (χ3n) is 5.11. The van der Waals surface area contributed by atoms with Gasteiger partial charge in [-0.15, -0.1) is 10.2 Å². The van der Waals surface area contributed by atoms with E-state index in [4.69, 9.17) is 8.83 Å². The van der Waals surface area contributed by atoms with Gasteiger partial charge in [-0.1, -0.05) is 23.9 Å². The SMILES string of the molecule is Cc1ccc2c(CSc3nnc(CC4CCS(=O)(=O)C4)o3)cc(=O)oc2c1C. The van der Waals surface area contributed by atoms with E-state index in [9.17, 15) is 13.2 Å². The van der Waals surface area contributed by atoms with Crippen LogP contribution in [0, 0.1) is 19.8 Å². The zero-order valence-corrected chi connectivity index (χ0v) is 17.2. The molecule has 1 aromatic carbocycles. The molecule has 28 heavy (non-hydrogen) atoms. The highest BCUT2D eigenvalue weighted by Gasteiger charge is 2.29. The molecule has 0 amide bonds. The summed E-state index contributed by atoms with van der Waals surface area (Å²) in [5.74, 6) is 1.40. The minimum Gasteiger partial charge on any atom is -0.422 e. The molecule has 0 aliphatic carbocycles. The normalized spacial score (nSPS) is 18.7. The molecular formula is C19H20N2O5S2. The largest absolute Gasteiger partial charge is 0.422 e. The van der Waals surface area contributed by atoms with Crippen molar-refractivity contribution in [1.82, 2.24) is 10.2 Å². The molecule has 4 rings (SSSR count). The van der Waals surface area contributed by atoms with Crippen molar-refractivity contribution in [2.45, 2.75) is 37.7 Å². The lowest BCUT2D eigenvalue weighted by Crippen LogP contribution is -2.07. The number of aryl methyl sites for hydroxylation is 2. The van der Waals surface area contributed by atoms with Crippen LogP contribution in [0.3, 0.4) is 0 Å². The summed E-state index contributed by atoms with van der Waals surface area (Å²) in [7, 11) is -2.92. The lowest BCUT2D eigenvalue weighted by atomic mass is 10.0. The van der Waals surface area contributed by atoms with Crippen LogP contribution in [-0.4, -0.2) is 30.1 Å². The predicted molar refractivity (Wildman–Crippen MR) is 106 cm³/mol. The van der Waals surface area contributed by atoms with Gasteiger partial charge < -0.3 is 8.83 Å². The smallest absolute Gasteiger partial charge is 0.336 e. The minimum atomic E-state index is -2.92. The van der Waals surface area contributed by atoms with Crippen LogP contribution in [0.1, 0.15) is 29.0 Å². The van der Waals surface area contributed by atoms with Crippen LogP contribution in [0.2, 0.25) is 0 Å². The Bertz CT molecular complexity index is 1200. The van der Waals surface area contributed by atoms with E-state index in [1.54, 1.807) is 0 Å². The maximum atomic E-state index is 12.0. The second kappa shape index (κ2) is 7.36. The number of sulfone groups is 1. The van der Waals surface area contributed by atoms with Crippen LogP contribution in [0.5, 0.6) is 0 Å². The summed E-state index contributed by atoms with van der Waals surface area (Å²) < 4.78 is 34.2. The van der Waals surface area contributed by atoms with Crippen molar-refractivity contribution >= 4 is 32.6 Å². The number of hydrogen-bond donors (Lipinski definition) is 0. The van der Waals surface area contributed by atoms with Crippen molar-refractivity contribution in [2.75, 3.05) is 11.5 Å². The van der Waals surface area contributed by atoms with E-state index in [2.05, 4.69) is 10.2 Å². The Balaban J connectivity index is 1.49. The number of thioether (sulfide) groups is 1.